The van der Waals surface area contributed by atoms with Crippen LogP contribution in [0.4, 0.5) is 0 Å². The molecule has 0 aliphatic heterocycles. The Bertz CT molecular complexity index is 631. The molecule has 2 aromatic rings. The normalized spacial score (nSPS) is 10.4. The van der Waals surface area contributed by atoms with Gasteiger partial charge in [0.05, 0.1) is 20.0 Å². The lowest BCUT2D eigenvalue weighted by atomic mass is 10.1. The smallest absolute Gasteiger partial charge is 0.175 e. The fourth-order valence-corrected chi connectivity index (χ4v) is 3.89. The van der Waals surface area contributed by atoms with Crippen LogP contribution >= 0.6 is 34.9 Å². The van der Waals surface area contributed by atoms with Crippen molar-refractivity contribution in [1.29, 1.82) is 0 Å². The van der Waals surface area contributed by atoms with E-state index in [1.807, 2.05) is 6.26 Å². The summed E-state index contributed by atoms with van der Waals surface area (Å²) >= 11 is 4.43. The third-order valence-corrected chi connectivity index (χ3v) is 5.63. The van der Waals surface area contributed by atoms with E-state index in [9.17, 15) is 4.79 Å². The molecule has 0 aliphatic carbocycles. The van der Waals surface area contributed by atoms with Crippen LogP contribution in [0.5, 0.6) is 11.5 Å². The number of carbonyl (C=O) groups excluding carboxylic acids is 1. The van der Waals surface area contributed by atoms with E-state index in [0.717, 1.165) is 8.68 Å². The number of hydrogen-bond donors (Lipinski definition) is 0. The number of aromatic nitrogens is 2. The van der Waals surface area contributed by atoms with E-state index in [2.05, 4.69) is 10.2 Å². The Kier molecular flexibility index (Phi) is 5.89. The minimum absolute atomic E-state index is 0.0156. The number of nitrogens with zero attached hydrogens (tertiary/aromatic N) is 2. The molecular weight excluding hydrogens is 328 g/mol. The number of ketones is 1. The highest BCUT2D eigenvalue weighted by molar-refractivity contribution is 8.03. The summed E-state index contributed by atoms with van der Waals surface area (Å²) in [6.45, 7) is 0. The minimum atomic E-state index is 0.0156. The highest BCUT2D eigenvalue weighted by atomic mass is 32.2. The maximum atomic E-state index is 12.2. The lowest BCUT2D eigenvalue weighted by Gasteiger charge is -2.08. The van der Waals surface area contributed by atoms with Gasteiger partial charge in [-0.15, -0.1) is 10.2 Å². The number of methoxy groups -OCH3 is 2. The summed E-state index contributed by atoms with van der Waals surface area (Å²) in [5.74, 6) is 1.49. The number of carbonyl (C=O) groups is 1. The van der Waals surface area contributed by atoms with E-state index < -0.39 is 0 Å². The van der Waals surface area contributed by atoms with Crippen LogP contribution in [0.25, 0.3) is 0 Å². The van der Waals surface area contributed by atoms with E-state index in [1.165, 1.54) is 23.1 Å². The van der Waals surface area contributed by atoms with E-state index in [0.29, 0.717) is 22.8 Å². The van der Waals surface area contributed by atoms with Gasteiger partial charge in [-0.2, -0.15) is 0 Å². The minimum Gasteiger partial charge on any atom is -0.493 e. The molecule has 8 heteroatoms. The summed E-state index contributed by atoms with van der Waals surface area (Å²) in [5, 5.41) is 8.03. The van der Waals surface area contributed by atoms with Crippen molar-refractivity contribution in [3.05, 3.63) is 23.8 Å². The first-order valence-corrected chi connectivity index (χ1v) is 8.96. The average molecular weight is 342 g/mol. The summed E-state index contributed by atoms with van der Waals surface area (Å²) in [5.41, 5.74) is 0.592. The Labute approximate surface area is 135 Å². The highest BCUT2D eigenvalue weighted by Gasteiger charge is 2.12. The molecule has 1 aromatic carbocycles. The van der Waals surface area contributed by atoms with Gasteiger partial charge < -0.3 is 9.47 Å². The van der Waals surface area contributed by atoms with Gasteiger partial charge in [0.2, 0.25) is 0 Å². The third-order valence-electron chi connectivity index (χ3n) is 2.59. The van der Waals surface area contributed by atoms with E-state index in [4.69, 9.17) is 9.47 Å². The molecule has 0 spiro atoms. The summed E-state index contributed by atoms with van der Waals surface area (Å²) in [6, 6.07) is 5.15. The van der Waals surface area contributed by atoms with Crippen LogP contribution in [0.3, 0.4) is 0 Å². The Morgan fingerprint density at radius 1 is 1.19 bits per heavy atom. The van der Waals surface area contributed by atoms with Crippen LogP contribution in [-0.4, -0.2) is 42.2 Å². The van der Waals surface area contributed by atoms with E-state index in [1.54, 1.807) is 44.2 Å². The molecule has 0 bridgehead atoms. The zero-order valence-electron chi connectivity index (χ0n) is 11.8. The first-order chi connectivity index (χ1) is 10.2. The number of Topliss-reactive ketones (excluding diaryl/α,β-unsaturated/α-hetero) is 1. The average Bonchev–Trinajstić information content (AvgIpc) is 2.99. The molecule has 0 fully saturated rings. The van der Waals surface area contributed by atoms with Gasteiger partial charge in [-0.3, -0.25) is 4.79 Å². The summed E-state index contributed by atoms with van der Waals surface area (Å²) in [7, 11) is 3.11. The van der Waals surface area contributed by atoms with Crippen LogP contribution in [-0.2, 0) is 0 Å². The number of thioether (sulfide) groups is 2. The van der Waals surface area contributed by atoms with Crippen molar-refractivity contribution in [3.63, 3.8) is 0 Å². The first kappa shape index (κ1) is 16.1. The zero-order chi connectivity index (χ0) is 15.2. The van der Waals surface area contributed by atoms with Crippen molar-refractivity contribution in [1.82, 2.24) is 10.2 Å². The van der Waals surface area contributed by atoms with Crippen LogP contribution in [0.2, 0.25) is 0 Å². The standard InChI is InChI=1S/C13H14N2O3S3/c1-17-10-5-4-8(6-11(10)18-2)9(16)7-20-13-15-14-12(19-3)21-13/h4-6H,7H2,1-3H3. The number of hydrogen-bond acceptors (Lipinski definition) is 8. The molecule has 0 unspecified atom stereocenters. The largest absolute Gasteiger partial charge is 0.493 e. The second kappa shape index (κ2) is 7.67. The molecule has 0 radical (unpaired) electrons. The third kappa shape index (κ3) is 4.12. The number of ether oxygens (including phenoxy) is 2. The van der Waals surface area contributed by atoms with Gasteiger partial charge in [-0.05, 0) is 24.5 Å². The van der Waals surface area contributed by atoms with Crippen molar-refractivity contribution in [2.75, 3.05) is 26.2 Å². The molecule has 112 valence electrons. The summed E-state index contributed by atoms with van der Waals surface area (Å²) in [6.07, 6.45) is 1.95. The Balaban J connectivity index is 2.02. The van der Waals surface area contributed by atoms with Crippen LogP contribution < -0.4 is 9.47 Å². The lowest BCUT2D eigenvalue weighted by molar-refractivity contribution is 0.102. The summed E-state index contributed by atoms with van der Waals surface area (Å²) < 4.78 is 12.1. The summed E-state index contributed by atoms with van der Waals surface area (Å²) in [4.78, 5) is 12.2. The zero-order valence-corrected chi connectivity index (χ0v) is 14.2. The number of rotatable bonds is 7. The van der Waals surface area contributed by atoms with Gasteiger partial charge >= 0.3 is 0 Å². The fraction of sp³-hybridized carbons (Fsp3) is 0.308. The van der Waals surface area contributed by atoms with Gasteiger partial charge in [0.25, 0.3) is 0 Å². The van der Waals surface area contributed by atoms with Crippen LogP contribution in [0.1, 0.15) is 10.4 Å². The molecule has 1 aromatic heterocycles. The maximum absolute atomic E-state index is 12.2. The molecule has 0 aliphatic rings. The Hall–Kier alpha value is -1.25. The van der Waals surface area contributed by atoms with Gasteiger partial charge in [-0.1, -0.05) is 34.9 Å². The topological polar surface area (TPSA) is 61.3 Å². The monoisotopic (exact) mass is 342 g/mol. The molecule has 0 saturated heterocycles. The van der Waals surface area contributed by atoms with Gasteiger partial charge in [0, 0.05) is 5.56 Å². The van der Waals surface area contributed by atoms with E-state index in [-0.39, 0.29) is 5.78 Å². The molecule has 1 heterocycles. The molecule has 2 rings (SSSR count). The van der Waals surface area contributed by atoms with Crippen molar-refractivity contribution in [3.8, 4) is 11.5 Å². The predicted octanol–water partition coefficient (Wildman–Crippen LogP) is 3.25. The lowest BCUT2D eigenvalue weighted by Crippen LogP contribution is -2.03. The first-order valence-electron chi connectivity index (χ1n) is 5.93. The number of benzene rings is 1. The Morgan fingerprint density at radius 3 is 2.52 bits per heavy atom. The van der Waals surface area contributed by atoms with Crippen LogP contribution in [0.15, 0.2) is 26.9 Å². The fourth-order valence-electron chi connectivity index (χ4n) is 1.56. The van der Waals surface area contributed by atoms with Crippen molar-refractivity contribution in [2.45, 2.75) is 8.68 Å². The SMILES string of the molecule is COc1ccc(C(=O)CSc2nnc(SC)s2)cc1OC. The van der Waals surface area contributed by atoms with Crippen molar-refractivity contribution < 1.29 is 14.3 Å². The Morgan fingerprint density at radius 2 is 1.90 bits per heavy atom. The maximum Gasteiger partial charge on any atom is 0.175 e. The second-order valence-electron chi connectivity index (χ2n) is 3.82. The quantitative estimate of drug-likeness (QED) is 0.565. The molecular formula is C13H14N2O3S3. The van der Waals surface area contributed by atoms with Crippen molar-refractivity contribution in [2.24, 2.45) is 0 Å². The predicted molar refractivity (Wildman–Crippen MR) is 86.3 cm³/mol. The van der Waals surface area contributed by atoms with Crippen molar-refractivity contribution >= 4 is 40.6 Å². The molecule has 5 nitrogen and oxygen atoms in total. The van der Waals surface area contributed by atoms with Crippen LogP contribution in [0, 0.1) is 0 Å². The van der Waals surface area contributed by atoms with Gasteiger partial charge in [0.1, 0.15) is 0 Å². The van der Waals surface area contributed by atoms with Gasteiger partial charge in [-0.25, -0.2) is 0 Å². The highest BCUT2D eigenvalue weighted by Crippen LogP contribution is 2.30. The molecule has 0 atom stereocenters. The molecule has 0 amide bonds. The van der Waals surface area contributed by atoms with Gasteiger partial charge in [0.15, 0.2) is 26.0 Å². The van der Waals surface area contributed by atoms with E-state index >= 15 is 0 Å². The molecule has 0 saturated carbocycles. The molecule has 0 N–H and O–H groups in total. The second-order valence-corrected chi connectivity index (χ2v) is 7.07. The molecule has 21 heavy (non-hydrogen) atoms.